The zero-order chi connectivity index (χ0) is 18.9. The van der Waals surface area contributed by atoms with Gasteiger partial charge >= 0.3 is 11.9 Å². The van der Waals surface area contributed by atoms with Crippen LogP contribution in [0, 0.1) is 5.92 Å². The fraction of sp³-hybridized carbons (Fsp3) is 0.471. The van der Waals surface area contributed by atoms with Crippen LogP contribution in [0.15, 0.2) is 24.3 Å². The molecule has 2 N–H and O–H groups in total. The number of carboxylic acids is 2. The third kappa shape index (κ3) is 3.62. The van der Waals surface area contributed by atoms with Crippen molar-refractivity contribution in [3.63, 3.8) is 0 Å². The lowest BCUT2D eigenvalue weighted by molar-refractivity contribution is -0.148. The molecule has 2 rings (SSSR count). The highest BCUT2D eigenvalue weighted by Crippen LogP contribution is 2.46. The summed E-state index contributed by atoms with van der Waals surface area (Å²) < 4.78 is 0. The molecule has 1 aliphatic rings. The number of likely N-dealkylation sites (N-methyl/N-ethyl adjacent to an activating group) is 2. The van der Waals surface area contributed by atoms with Crippen molar-refractivity contribution in [2.24, 2.45) is 5.92 Å². The van der Waals surface area contributed by atoms with Crippen molar-refractivity contribution in [2.45, 2.75) is 24.9 Å². The van der Waals surface area contributed by atoms with E-state index in [9.17, 15) is 19.5 Å². The molecular weight excluding hydrogens is 348 g/mol. The standard InChI is InChI=1S/C17H21ClN2O5/c1-17(16(24)25)8-12(15(23)19(2)9-13(21)22)14(20(17)3)10-4-6-11(18)7-5-10/h4-7,12,14H,8-9H2,1-3H3,(H,21,22)(H,24,25)/t12-,14-,17-/m1/s1. The second kappa shape index (κ2) is 7.01. The van der Waals surface area contributed by atoms with Crippen molar-refractivity contribution < 1.29 is 24.6 Å². The van der Waals surface area contributed by atoms with Gasteiger partial charge in [0.15, 0.2) is 0 Å². The minimum atomic E-state index is -1.23. The van der Waals surface area contributed by atoms with Crippen LogP contribution in [-0.4, -0.2) is 64.0 Å². The molecule has 25 heavy (non-hydrogen) atoms. The Bertz CT molecular complexity index is 693. The summed E-state index contributed by atoms with van der Waals surface area (Å²) >= 11 is 5.92. The summed E-state index contributed by atoms with van der Waals surface area (Å²) in [7, 11) is 3.07. The van der Waals surface area contributed by atoms with Gasteiger partial charge in [-0.2, -0.15) is 0 Å². The molecule has 3 atom stereocenters. The van der Waals surface area contributed by atoms with Crippen LogP contribution in [0.1, 0.15) is 24.9 Å². The number of carbonyl (C=O) groups is 3. The summed E-state index contributed by atoms with van der Waals surface area (Å²) in [6.45, 7) is 1.14. The van der Waals surface area contributed by atoms with Gasteiger partial charge < -0.3 is 15.1 Å². The highest BCUT2D eigenvalue weighted by Gasteiger charge is 2.54. The maximum absolute atomic E-state index is 12.8. The molecule has 1 aliphatic heterocycles. The zero-order valence-electron chi connectivity index (χ0n) is 14.3. The smallest absolute Gasteiger partial charge is 0.323 e. The van der Waals surface area contributed by atoms with Gasteiger partial charge in [-0.05, 0) is 38.1 Å². The van der Waals surface area contributed by atoms with Gasteiger partial charge in [0, 0.05) is 18.1 Å². The number of likely N-dealkylation sites (tertiary alicyclic amines) is 1. The molecule has 0 saturated carbocycles. The summed E-state index contributed by atoms with van der Waals surface area (Å²) in [5, 5.41) is 19.1. The highest BCUT2D eigenvalue weighted by molar-refractivity contribution is 6.30. The molecule has 1 fully saturated rings. The van der Waals surface area contributed by atoms with Crippen molar-refractivity contribution in [3.05, 3.63) is 34.9 Å². The van der Waals surface area contributed by atoms with E-state index in [1.165, 1.54) is 7.05 Å². The topological polar surface area (TPSA) is 98.2 Å². The largest absolute Gasteiger partial charge is 0.480 e. The number of hydrogen-bond donors (Lipinski definition) is 2. The molecule has 0 bridgehead atoms. The average Bonchev–Trinajstić information content (AvgIpc) is 2.80. The van der Waals surface area contributed by atoms with Crippen LogP contribution in [0.5, 0.6) is 0 Å². The number of aliphatic carboxylic acids is 2. The summed E-state index contributed by atoms with van der Waals surface area (Å²) in [4.78, 5) is 38.3. The molecule has 1 aromatic rings. The minimum absolute atomic E-state index is 0.0922. The molecular formula is C17H21ClN2O5. The van der Waals surface area contributed by atoms with Crippen molar-refractivity contribution in [1.29, 1.82) is 0 Å². The van der Waals surface area contributed by atoms with Gasteiger partial charge in [-0.3, -0.25) is 19.3 Å². The molecule has 0 aliphatic carbocycles. The number of benzene rings is 1. The molecule has 1 saturated heterocycles. The van der Waals surface area contributed by atoms with E-state index in [1.54, 1.807) is 43.1 Å². The van der Waals surface area contributed by atoms with Crippen LogP contribution < -0.4 is 0 Å². The van der Waals surface area contributed by atoms with Crippen LogP contribution in [0.25, 0.3) is 0 Å². The molecule has 0 unspecified atom stereocenters. The molecule has 8 heteroatoms. The van der Waals surface area contributed by atoms with E-state index in [2.05, 4.69) is 0 Å². The van der Waals surface area contributed by atoms with E-state index < -0.39 is 36.0 Å². The number of carboxylic acid groups (broad SMARTS) is 2. The van der Waals surface area contributed by atoms with Gasteiger partial charge in [-0.25, -0.2) is 0 Å². The lowest BCUT2D eigenvalue weighted by atomic mass is 9.89. The van der Waals surface area contributed by atoms with Crippen molar-refractivity contribution in [2.75, 3.05) is 20.6 Å². The number of rotatable bonds is 5. The Balaban J connectivity index is 2.43. The van der Waals surface area contributed by atoms with E-state index in [0.29, 0.717) is 5.02 Å². The van der Waals surface area contributed by atoms with Gasteiger partial charge in [0.05, 0.1) is 5.92 Å². The average molecular weight is 369 g/mol. The maximum atomic E-state index is 12.8. The highest BCUT2D eigenvalue weighted by atomic mass is 35.5. The number of hydrogen-bond acceptors (Lipinski definition) is 4. The van der Waals surface area contributed by atoms with E-state index in [4.69, 9.17) is 16.7 Å². The van der Waals surface area contributed by atoms with Crippen molar-refractivity contribution >= 4 is 29.4 Å². The minimum Gasteiger partial charge on any atom is -0.480 e. The number of nitrogens with zero attached hydrogens (tertiary/aromatic N) is 2. The summed E-state index contributed by atoms with van der Waals surface area (Å²) in [6, 6.07) is 6.40. The zero-order valence-corrected chi connectivity index (χ0v) is 15.0. The van der Waals surface area contributed by atoms with Crippen LogP contribution in [0.2, 0.25) is 5.02 Å². The third-order valence-electron chi connectivity index (χ3n) is 4.93. The van der Waals surface area contributed by atoms with E-state index in [-0.39, 0.29) is 12.3 Å². The van der Waals surface area contributed by atoms with Gasteiger partial charge in [0.25, 0.3) is 0 Å². The second-order valence-corrected chi connectivity index (χ2v) is 7.02. The molecule has 136 valence electrons. The van der Waals surface area contributed by atoms with Crippen LogP contribution in [0.3, 0.4) is 0 Å². The Kier molecular flexibility index (Phi) is 5.39. The Morgan fingerprint density at radius 3 is 2.32 bits per heavy atom. The first-order valence-electron chi connectivity index (χ1n) is 7.76. The second-order valence-electron chi connectivity index (χ2n) is 6.58. The Morgan fingerprint density at radius 1 is 1.28 bits per heavy atom. The van der Waals surface area contributed by atoms with E-state index >= 15 is 0 Å². The monoisotopic (exact) mass is 368 g/mol. The normalized spacial score (nSPS) is 26.4. The lowest BCUT2D eigenvalue weighted by Crippen LogP contribution is -2.46. The first-order valence-corrected chi connectivity index (χ1v) is 8.14. The van der Waals surface area contributed by atoms with Crippen LogP contribution >= 0.6 is 11.6 Å². The fourth-order valence-electron chi connectivity index (χ4n) is 3.40. The molecule has 7 nitrogen and oxygen atoms in total. The van der Waals surface area contributed by atoms with E-state index in [0.717, 1.165) is 10.5 Å². The quantitative estimate of drug-likeness (QED) is 0.821. The predicted octanol–water partition coefficient (Wildman–Crippen LogP) is 1.72. The molecule has 1 heterocycles. The molecule has 0 radical (unpaired) electrons. The Morgan fingerprint density at radius 2 is 1.84 bits per heavy atom. The molecule has 1 amide bonds. The SMILES string of the molecule is CN(CC(=O)O)C(=O)[C@@H]1C[C@](C)(C(=O)O)N(C)[C@@H]1c1ccc(Cl)cc1. The van der Waals surface area contributed by atoms with Crippen LogP contribution in [0.4, 0.5) is 0 Å². The maximum Gasteiger partial charge on any atom is 0.323 e. The summed E-state index contributed by atoms with van der Waals surface area (Å²) in [6.07, 6.45) is 0.0922. The Labute approximate surface area is 150 Å². The number of carbonyl (C=O) groups excluding carboxylic acids is 1. The molecule has 1 aromatic carbocycles. The van der Waals surface area contributed by atoms with Gasteiger partial charge in [0.2, 0.25) is 5.91 Å². The first-order chi connectivity index (χ1) is 11.6. The summed E-state index contributed by atoms with van der Waals surface area (Å²) in [5.41, 5.74) is -0.465. The fourth-order valence-corrected chi connectivity index (χ4v) is 3.53. The third-order valence-corrected chi connectivity index (χ3v) is 5.18. The first kappa shape index (κ1) is 19.2. The van der Waals surface area contributed by atoms with E-state index in [1.807, 2.05) is 0 Å². The predicted molar refractivity (Wildman–Crippen MR) is 91.4 cm³/mol. The van der Waals surface area contributed by atoms with Crippen LogP contribution in [-0.2, 0) is 14.4 Å². The van der Waals surface area contributed by atoms with Gasteiger partial charge in [0.1, 0.15) is 12.1 Å². The van der Waals surface area contributed by atoms with Gasteiger partial charge in [-0.1, -0.05) is 23.7 Å². The lowest BCUT2D eigenvalue weighted by Gasteiger charge is -2.32. The molecule has 0 aromatic heterocycles. The number of amides is 1. The summed E-state index contributed by atoms with van der Waals surface area (Å²) in [5.74, 6) is -3.20. The van der Waals surface area contributed by atoms with Crippen molar-refractivity contribution in [3.8, 4) is 0 Å². The molecule has 0 spiro atoms. The van der Waals surface area contributed by atoms with Gasteiger partial charge in [-0.15, -0.1) is 0 Å². The Hall–Kier alpha value is -2.12. The van der Waals surface area contributed by atoms with Crippen molar-refractivity contribution in [1.82, 2.24) is 9.80 Å². The number of halogens is 1.